The maximum Gasteiger partial charge on any atom is 0.123 e. The van der Waals surface area contributed by atoms with E-state index in [0.717, 1.165) is 45.1 Å². The van der Waals surface area contributed by atoms with Gasteiger partial charge in [0, 0.05) is 38.3 Å². The third-order valence-electron chi connectivity index (χ3n) is 2.93. The summed E-state index contributed by atoms with van der Waals surface area (Å²) in [4.78, 5) is 2.28. The van der Waals surface area contributed by atoms with Gasteiger partial charge in [0.1, 0.15) is 5.75 Å². The molecule has 4 nitrogen and oxygen atoms in total. The lowest BCUT2D eigenvalue weighted by Gasteiger charge is -2.18. The van der Waals surface area contributed by atoms with Crippen LogP contribution in [0.4, 0.5) is 0 Å². The minimum atomic E-state index is 0.784. The maximum atomic E-state index is 5.36. The Labute approximate surface area is 116 Å². The molecular weight excluding hydrogens is 240 g/mol. The number of nitrogens with one attached hydrogen (secondary N) is 1. The van der Waals surface area contributed by atoms with Crippen molar-refractivity contribution in [2.75, 3.05) is 47.0 Å². The molecule has 0 bridgehead atoms. The van der Waals surface area contributed by atoms with Crippen LogP contribution in [-0.2, 0) is 11.3 Å². The van der Waals surface area contributed by atoms with Crippen molar-refractivity contribution in [3.05, 3.63) is 29.8 Å². The number of rotatable bonds is 10. The van der Waals surface area contributed by atoms with Gasteiger partial charge in [0.05, 0.1) is 13.7 Å². The molecular formula is C15H26N2O2. The molecule has 4 heteroatoms. The van der Waals surface area contributed by atoms with Crippen LogP contribution in [0.25, 0.3) is 0 Å². The first-order valence-corrected chi connectivity index (χ1v) is 6.86. The standard InChI is InChI=1S/C15H26N2O2/c1-4-19-12-10-16-9-11-17(2)13-14-7-5-6-8-15(14)18-3/h5-8,16H,4,9-13H2,1-3H3. The van der Waals surface area contributed by atoms with E-state index in [1.165, 1.54) is 5.56 Å². The second-order valence-electron chi connectivity index (χ2n) is 4.50. The predicted molar refractivity (Wildman–Crippen MR) is 78.7 cm³/mol. The van der Waals surface area contributed by atoms with E-state index in [4.69, 9.17) is 9.47 Å². The van der Waals surface area contributed by atoms with E-state index in [0.29, 0.717) is 0 Å². The molecule has 0 amide bonds. The van der Waals surface area contributed by atoms with Crippen LogP contribution in [0.5, 0.6) is 5.75 Å². The molecule has 0 spiro atoms. The van der Waals surface area contributed by atoms with Gasteiger partial charge in [-0.05, 0) is 20.0 Å². The van der Waals surface area contributed by atoms with Crippen LogP contribution < -0.4 is 10.1 Å². The van der Waals surface area contributed by atoms with Crippen molar-refractivity contribution in [2.45, 2.75) is 13.5 Å². The molecule has 0 aliphatic heterocycles. The fourth-order valence-corrected chi connectivity index (χ4v) is 1.89. The van der Waals surface area contributed by atoms with Gasteiger partial charge >= 0.3 is 0 Å². The van der Waals surface area contributed by atoms with Gasteiger partial charge in [0.15, 0.2) is 0 Å². The number of methoxy groups -OCH3 is 1. The summed E-state index contributed by atoms with van der Waals surface area (Å²) in [5.74, 6) is 0.957. The molecule has 0 fully saturated rings. The monoisotopic (exact) mass is 266 g/mol. The molecule has 19 heavy (non-hydrogen) atoms. The molecule has 108 valence electrons. The quantitative estimate of drug-likeness (QED) is 0.654. The Balaban J connectivity index is 2.21. The van der Waals surface area contributed by atoms with Crippen LogP contribution in [0.2, 0.25) is 0 Å². The van der Waals surface area contributed by atoms with Gasteiger partial charge in [0.2, 0.25) is 0 Å². The summed E-state index contributed by atoms with van der Waals surface area (Å²) in [7, 11) is 3.84. The number of likely N-dealkylation sites (N-methyl/N-ethyl adjacent to an activating group) is 1. The van der Waals surface area contributed by atoms with Crippen LogP contribution in [0.3, 0.4) is 0 Å². The second-order valence-corrected chi connectivity index (χ2v) is 4.50. The van der Waals surface area contributed by atoms with Gasteiger partial charge in [-0.1, -0.05) is 18.2 Å². The lowest BCUT2D eigenvalue weighted by molar-refractivity contribution is 0.148. The zero-order valence-electron chi connectivity index (χ0n) is 12.3. The normalized spacial score (nSPS) is 10.9. The highest BCUT2D eigenvalue weighted by molar-refractivity contribution is 5.32. The third kappa shape index (κ3) is 6.57. The van der Waals surface area contributed by atoms with E-state index >= 15 is 0 Å². The van der Waals surface area contributed by atoms with Crippen molar-refractivity contribution < 1.29 is 9.47 Å². The van der Waals surface area contributed by atoms with Crippen molar-refractivity contribution in [3.8, 4) is 5.75 Å². The van der Waals surface area contributed by atoms with E-state index in [1.54, 1.807) is 7.11 Å². The predicted octanol–water partition coefficient (Wildman–Crippen LogP) is 1.75. The first kappa shape index (κ1) is 16.0. The molecule has 0 heterocycles. The molecule has 0 saturated heterocycles. The third-order valence-corrected chi connectivity index (χ3v) is 2.93. The number of para-hydroxylation sites is 1. The summed E-state index contributed by atoms with van der Waals surface area (Å²) < 4.78 is 10.6. The Bertz CT molecular complexity index is 345. The molecule has 0 atom stereocenters. The highest BCUT2D eigenvalue weighted by Crippen LogP contribution is 2.18. The molecule has 1 N–H and O–H groups in total. The Hall–Kier alpha value is -1.10. The smallest absolute Gasteiger partial charge is 0.123 e. The summed E-state index contributed by atoms with van der Waals surface area (Å²) in [6, 6.07) is 8.16. The zero-order valence-corrected chi connectivity index (χ0v) is 12.3. The first-order chi connectivity index (χ1) is 9.27. The summed E-state index contributed by atoms with van der Waals surface area (Å²) in [5, 5.41) is 3.37. The van der Waals surface area contributed by atoms with E-state index in [9.17, 15) is 0 Å². The van der Waals surface area contributed by atoms with E-state index in [1.807, 2.05) is 25.1 Å². The summed E-state index contributed by atoms with van der Waals surface area (Å²) in [6.45, 7) is 7.37. The Kier molecular flexibility index (Phi) is 8.21. The average molecular weight is 266 g/mol. The van der Waals surface area contributed by atoms with Crippen LogP contribution in [0, 0.1) is 0 Å². The molecule has 0 unspecified atom stereocenters. The fourth-order valence-electron chi connectivity index (χ4n) is 1.89. The van der Waals surface area contributed by atoms with E-state index < -0.39 is 0 Å². The lowest BCUT2D eigenvalue weighted by atomic mass is 10.2. The number of nitrogens with zero attached hydrogens (tertiary/aromatic N) is 1. The highest BCUT2D eigenvalue weighted by atomic mass is 16.5. The molecule has 0 aromatic heterocycles. The Morgan fingerprint density at radius 2 is 2.00 bits per heavy atom. The number of hydrogen-bond acceptors (Lipinski definition) is 4. The second kappa shape index (κ2) is 9.78. The van der Waals surface area contributed by atoms with Gasteiger partial charge in [-0.15, -0.1) is 0 Å². The Morgan fingerprint density at radius 3 is 2.74 bits per heavy atom. The number of benzene rings is 1. The SMILES string of the molecule is CCOCCNCCN(C)Cc1ccccc1OC. The molecule has 0 aliphatic rings. The van der Waals surface area contributed by atoms with Crippen molar-refractivity contribution in [1.82, 2.24) is 10.2 Å². The molecule has 1 aromatic carbocycles. The van der Waals surface area contributed by atoms with Crippen molar-refractivity contribution in [1.29, 1.82) is 0 Å². The van der Waals surface area contributed by atoms with Crippen molar-refractivity contribution in [3.63, 3.8) is 0 Å². The lowest BCUT2D eigenvalue weighted by Crippen LogP contribution is -2.30. The number of ether oxygens (including phenoxy) is 2. The van der Waals surface area contributed by atoms with Crippen molar-refractivity contribution >= 4 is 0 Å². The Morgan fingerprint density at radius 1 is 1.21 bits per heavy atom. The summed E-state index contributed by atoms with van der Waals surface area (Å²) >= 11 is 0. The molecule has 1 aromatic rings. The number of hydrogen-bond donors (Lipinski definition) is 1. The van der Waals surface area contributed by atoms with Gasteiger partial charge in [-0.25, -0.2) is 0 Å². The van der Waals surface area contributed by atoms with Gasteiger partial charge in [-0.2, -0.15) is 0 Å². The highest BCUT2D eigenvalue weighted by Gasteiger charge is 2.04. The first-order valence-electron chi connectivity index (χ1n) is 6.86. The summed E-state index contributed by atoms with van der Waals surface area (Å²) in [6.07, 6.45) is 0. The van der Waals surface area contributed by atoms with Crippen molar-refractivity contribution in [2.24, 2.45) is 0 Å². The van der Waals surface area contributed by atoms with Crippen LogP contribution in [0.15, 0.2) is 24.3 Å². The summed E-state index contributed by atoms with van der Waals surface area (Å²) in [5.41, 5.74) is 1.22. The minimum Gasteiger partial charge on any atom is -0.496 e. The molecule has 0 saturated carbocycles. The van der Waals surface area contributed by atoms with Gasteiger partial charge in [-0.3, -0.25) is 0 Å². The van der Waals surface area contributed by atoms with Gasteiger partial charge in [0.25, 0.3) is 0 Å². The van der Waals surface area contributed by atoms with Gasteiger partial charge < -0.3 is 19.7 Å². The van der Waals surface area contributed by atoms with E-state index in [2.05, 4.69) is 23.3 Å². The van der Waals surface area contributed by atoms with Crippen LogP contribution in [-0.4, -0.2) is 51.9 Å². The molecule has 0 radical (unpaired) electrons. The minimum absolute atomic E-state index is 0.784. The molecule has 0 aliphatic carbocycles. The zero-order chi connectivity index (χ0) is 13.9. The fraction of sp³-hybridized carbons (Fsp3) is 0.600. The average Bonchev–Trinajstić information content (AvgIpc) is 2.43. The maximum absolute atomic E-state index is 5.36. The van der Waals surface area contributed by atoms with Crippen LogP contribution >= 0.6 is 0 Å². The topological polar surface area (TPSA) is 33.7 Å². The van der Waals surface area contributed by atoms with E-state index in [-0.39, 0.29) is 0 Å². The van der Waals surface area contributed by atoms with Crippen LogP contribution in [0.1, 0.15) is 12.5 Å². The largest absolute Gasteiger partial charge is 0.496 e. The molecule has 1 rings (SSSR count).